The molecule has 11 heavy (non-hydrogen) atoms. The third-order valence-corrected chi connectivity index (χ3v) is 1.54. The Bertz CT molecular complexity index is 388. The predicted molar refractivity (Wildman–Crippen MR) is 42.3 cm³/mol. The summed E-state index contributed by atoms with van der Waals surface area (Å²) in [7, 11) is 0. The van der Waals surface area contributed by atoms with Crippen LogP contribution in [0.25, 0.3) is 10.9 Å². The molecule has 2 aromatic heterocycles. The zero-order chi connectivity index (χ0) is 7.68. The van der Waals surface area contributed by atoms with E-state index in [9.17, 15) is 0 Å². The highest BCUT2D eigenvalue weighted by atomic mass is 35.5. The van der Waals surface area contributed by atoms with E-state index in [4.69, 9.17) is 11.6 Å². The van der Waals surface area contributed by atoms with Crippen LogP contribution in [-0.4, -0.2) is 15.0 Å². The van der Waals surface area contributed by atoms with Crippen LogP contribution in [0.4, 0.5) is 0 Å². The Hall–Kier alpha value is -1.22. The average Bonchev–Trinajstić information content (AvgIpc) is 2.04. The summed E-state index contributed by atoms with van der Waals surface area (Å²) in [5.41, 5.74) is 0.771. The van der Waals surface area contributed by atoms with Crippen LogP contribution in [0.2, 0.25) is 5.28 Å². The lowest BCUT2D eigenvalue weighted by molar-refractivity contribution is 1.20. The van der Waals surface area contributed by atoms with Crippen molar-refractivity contribution in [2.75, 3.05) is 0 Å². The van der Waals surface area contributed by atoms with Crippen LogP contribution >= 0.6 is 11.6 Å². The van der Waals surface area contributed by atoms with Gasteiger partial charge in [-0.25, -0.2) is 9.97 Å². The molecule has 0 unspecified atom stereocenters. The van der Waals surface area contributed by atoms with Crippen molar-refractivity contribution in [3.63, 3.8) is 0 Å². The Balaban J connectivity index is 2.83. The minimum Gasteiger partial charge on any atom is -0.262 e. The highest BCUT2D eigenvalue weighted by Gasteiger charge is 1.94. The van der Waals surface area contributed by atoms with Gasteiger partial charge in [0.25, 0.3) is 0 Å². The molecule has 0 saturated carbocycles. The van der Waals surface area contributed by atoms with Crippen LogP contribution in [0.3, 0.4) is 0 Å². The average molecular weight is 166 g/mol. The molecule has 0 aliphatic carbocycles. The van der Waals surface area contributed by atoms with Gasteiger partial charge in [-0.05, 0) is 17.7 Å². The van der Waals surface area contributed by atoms with E-state index in [1.54, 1.807) is 18.6 Å². The van der Waals surface area contributed by atoms with Crippen molar-refractivity contribution in [3.8, 4) is 0 Å². The molecule has 0 bridgehead atoms. The Morgan fingerprint density at radius 1 is 1.27 bits per heavy atom. The first kappa shape index (κ1) is 6.49. The van der Waals surface area contributed by atoms with Crippen LogP contribution in [-0.2, 0) is 0 Å². The predicted octanol–water partition coefficient (Wildman–Crippen LogP) is 1.68. The van der Waals surface area contributed by atoms with E-state index in [0.29, 0.717) is 0 Å². The topological polar surface area (TPSA) is 38.7 Å². The maximum absolute atomic E-state index is 5.57. The van der Waals surface area contributed by atoms with Crippen LogP contribution < -0.4 is 0 Å². The lowest BCUT2D eigenvalue weighted by Gasteiger charge is -1.93. The number of rotatable bonds is 0. The summed E-state index contributed by atoms with van der Waals surface area (Å²) in [6.07, 6.45) is 5.02. The molecule has 0 N–H and O–H groups in total. The van der Waals surface area contributed by atoms with E-state index in [1.165, 1.54) is 0 Å². The van der Waals surface area contributed by atoms with Crippen LogP contribution in [0.5, 0.6) is 0 Å². The normalized spacial score (nSPS) is 10.3. The van der Waals surface area contributed by atoms with Crippen molar-refractivity contribution in [1.29, 1.82) is 0 Å². The summed E-state index contributed by atoms with van der Waals surface area (Å²) in [4.78, 5) is 11.7. The van der Waals surface area contributed by atoms with Crippen LogP contribution in [0.1, 0.15) is 0 Å². The van der Waals surface area contributed by atoms with Crippen molar-refractivity contribution in [3.05, 3.63) is 29.9 Å². The van der Waals surface area contributed by atoms with Gasteiger partial charge in [0.05, 0.1) is 11.7 Å². The molecule has 4 heteroatoms. The molecule has 0 aliphatic heterocycles. The van der Waals surface area contributed by atoms with E-state index in [1.807, 2.05) is 6.07 Å². The van der Waals surface area contributed by atoms with Gasteiger partial charge in [0, 0.05) is 17.8 Å². The fourth-order valence-corrected chi connectivity index (χ4v) is 0.990. The van der Waals surface area contributed by atoms with Crippen molar-refractivity contribution in [1.82, 2.24) is 15.0 Å². The molecule has 54 valence electrons. The number of halogens is 1. The summed E-state index contributed by atoms with van der Waals surface area (Å²) in [5.74, 6) is 0. The highest BCUT2D eigenvalue weighted by molar-refractivity contribution is 6.28. The number of aromatic nitrogens is 3. The first-order valence-corrected chi connectivity index (χ1v) is 3.46. The second-order valence-electron chi connectivity index (χ2n) is 2.07. The quantitative estimate of drug-likeness (QED) is 0.558. The zero-order valence-electron chi connectivity index (χ0n) is 5.53. The zero-order valence-corrected chi connectivity index (χ0v) is 6.28. The fraction of sp³-hybridized carbons (Fsp3) is 0. The van der Waals surface area contributed by atoms with Gasteiger partial charge in [-0.2, -0.15) is 0 Å². The maximum Gasteiger partial charge on any atom is 0.222 e. The van der Waals surface area contributed by atoms with Gasteiger partial charge in [-0.3, -0.25) is 4.98 Å². The highest BCUT2D eigenvalue weighted by Crippen LogP contribution is 2.09. The number of pyridine rings is 1. The smallest absolute Gasteiger partial charge is 0.222 e. The van der Waals surface area contributed by atoms with Crippen molar-refractivity contribution >= 4 is 22.5 Å². The number of hydrogen-bond acceptors (Lipinski definition) is 3. The Kier molecular flexibility index (Phi) is 1.43. The van der Waals surface area contributed by atoms with Gasteiger partial charge in [-0.1, -0.05) is 0 Å². The van der Waals surface area contributed by atoms with E-state index in [0.717, 1.165) is 10.9 Å². The van der Waals surface area contributed by atoms with Crippen molar-refractivity contribution < 1.29 is 0 Å². The third kappa shape index (κ3) is 1.14. The van der Waals surface area contributed by atoms with E-state index < -0.39 is 0 Å². The molecule has 3 nitrogen and oxygen atoms in total. The largest absolute Gasteiger partial charge is 0.262 e. The van der Waals surface area contributed by atoms with Crippen molar-refractivity contribution in [2.45, 2.75) is 0 Å². The van der Waals surface area contributed by atoms with Gasteiger partial charge >= 0.3 is 0 Å². The first-order valence-electron chi connectivity index (χ1n) is 3.08. The van der Waals surface area contributed by atoms with Crippen LogP contribution in [0, 0.1) is 0 Å². The number of hydrogen-bond donors (Lipinski definition) is 0. The molecule has 0 amide bonds. The second kappa shape index (κ2) is 2.43. The molecule has 2 aromatic rings. The SMILES string of the molecule is Clc1ncc2ccncc2n1. The van der Waals surface area contributed by atoms with Gasteiger partial charge in [-0.15, -0.1) is 0 Å². The Labute approximate surface area is 68.1 Å². The second-order valence-corrected chi connectivity index (χ2v) is 2.41. The Morgan fingerprint density at radius 3 is 3.09 bits per heavy atom. The molecule has 0 aromatic carbocycles. The molecule has 0 spiro atoms. The minimum atomic E-state index is 0.255. The van der Waals surface area contributed by atoms with Crippen molar-refractivity contribution in [2.24, 2.45) is 0 Å². The van der Waals surface area contributed by atoms with Gasteiger partial charge in [0.1, 0.15) is 0 Å². The van der Waals surface area contributed by atoms with Gasteiger partial charge in [0.15, 0.2) is 0 Å². The molecule has 0 aliphatic rings. The third-order valence-electron chi connectivity index (χ3n) is 1.36. The van der Waals surface area contributed by atoms with E-state index in [-0.39, 0.29) is 5.28 Å². The standard InChI is InChI=1S/C7H4ClN3/c8-7-10-3-5-1-2-9-4-6(5)11-7/h1-4H. The summed E-state index contributed by atoms with van der Waals surface area (Å²) in [5, 5.41) is 1.20. The van der Waals surface area contributed by atoms with Gasteiger partial charge in [0.2, 0.25) is 5.28 Å². The molecule has 0 radical (unpaired) electrons. The molecule has 2 rings (SSSR count). The lowest BCUT2D eigenvalue weighted by Crippen LogP contribution is -1.83. The first-order chi connectivity index (χ1) is 5.36. The minimum absolute atomic E-state index is 0.255. The number of nitrogens with zero attached hydrogens (tertiary/aromatic N) is 3. The fourth-order valence-electron chi connectivity index (χ4n) is 0.851. The molecule has 0 saturated heterocycles. The maximum atomic E-state index is 5.57. The monoisotopic (exact) mass is 165 g/mol. The van der Waals surface area contributed by atoms with E-state index in [2.05, 4.69) is 15.0 Å². The van der Waals surface area contributed by atoms with Crippen LogP contribution in [0.15, 0.2) is 24.7 Å². The summed E-state index contributed by atoms with van der Waals surface area (Å²) >= 11 is 5.57. The molecule has 0 atom stereocenters. The van der Waals surface area contributed by atoms with Gasteiger partial charge < -0.3 is 0 Å². The molecular formula is C7H4ClN3. The van der Waals surface area contributed by atoms with E-state index >= 15 is 0 Å². The molecule has 2 heterocycles. The summed E-state index contributed by atoms with van der Waals surface area (Å²) < 4.78 is 0. The summed E-state index contributed by atoms with van der Waals surface area (Å²) in [6, 6.07) is 1.84. The Morgan fingerprint density at radius 2 is 2.18 bits per heavy atom. The number of fused-ring (bicyclic) bond motifs is 1. The molecular weight excluding hydrogens is 162 g/mol. The summed E-state index contributed by atoms with van der Waals surface area (Å²) in [6.45, 7) is 0. The lowest BCUT2D eigenvalue weighted by atomic mass is 10.3. The molecule has 0 fully saturated rings.